The molecule has 1 fully saturated rings. The monoisotopic (exact) mass is 277 g/mol. The van der Waals surface area contributed by atoms with E-state index in [9.17, 15) is 14.9 Å². The summed E-state index contributed by atoms with van der Waals surface area (Å²) in [7, 11) is 1.66. The molecule has 0 unspecified atom stereocenters. The first kappa shape index (κ1) is 14.3. The number of hydrogen-bond donors (Lipinski definition) is 1. The molecule has 6 heteroatoms. The van der Waals surface area contributed by atoms with Crippen LogP contribution in [0.2, 0.25) is 0 Å². The molecule has 1 aliphatic heterocycles. The summed E-state index contributed by atoms with van der Waals surface area (Å²) in [6.45, 7) is 1.29. The second-order valence-corrected chi connectivity index (χ2v) is 4.98. The minimum Gasteiger partial charge on any atom is -0.383 e. The smallest absolute Gasteiger partial charge is 0.292 e. The number of carbonyl (C=O) groups excluding carboxylic acids is 1. The van der Waals surface area contributed by atoms with Crippen LogP contribution in [0.15, 0.2) is 18.2 Å². The van der Waals surface area contributed by atoms with Crippen LogP contribution in [0.1, 0.15) is 31.2 Å². The summed E-state index contributed by atoms with van der Waals surface area (Å²) < 4.78 is 0. The molecule has 0 bridgehead atoms. The Morgan fingerprint density at radius 2 is 2.15 bits per heavy atom. The number of nitrogens with zero attached hydrogens (tertiary/aromatic N) is 2. The minimum atomic E-state index is -0.410. The zero-order valence-electron chi connectivity index (χ0n) is 11.6. The molecule has 108 valence electrons. The fourth-order valence-electron chi connectivity index (χ4n) is 2.47. The number of likely N-dealkylation sites (tertiary alicyclic amines) is 1. The van der Waals surface area contributed by atoms with Crippen molar-refractivity contribution in [2.45, 2.75) is 32.2 Å². The van der Waals surface area contributed by atoms with Gasteiger partial charge in [0.1, 0.15) is 5.69 Å². The molecule has 0 saturated carbocycles. The summed E-state index contributed by atoms with van der Waals surface area (Å²) in [5.74, 6) is 0.173. The van der Waals surface area contributed by atoms with Gasteiger partial charge in [0, 0.05) is 32.6 Å². The number of rotatable bonds is 4. The quantitative estimate of drug-likeness (QED) is 0.678. The maximum atomic E-state index is 12.0. The summed E-state index contributed by atoms with van der Waals surface area (Å²) in [6.07, 6.45) is 3.67. The number of nitro groups is 1. The Morgan fingerprint density at radius 1 is 1.35 bits per heavy atom. The molecule has 20 heavy (non-hydrogen) atoms. The van der Waals surface area contributed by atoms with Gasteiger partial charge in [-0.25, -0.2) is 0 Å². The van der Waals surface area contributed by atoms with Crippen molar-refractivity contribution in [2.24, 2.45) is 0 Å². The highest BCUT2D eigenvalue weighted by atomic mass is 16.6. The van der Waals surface area contributed by atoms with E-state index in [-0.39, 0.29) is 11.6 Å². The van der Waals surface area contributed by atoms with Gasteiger partial charge in [-0.15, -0.1) is 0 Å². The van der Waals surface area contributed by atoms with Gasteiger partial charge in [0.15, 0.2) is 0 Å². The fourth-order valence-corrected chi connectivity index (χ4v) is 2.47. The molecule has 0 spiro atoms. The lowest BCUT2D eigenvalue weighted by Gasteiger charge is -2.20. The van der Waals surface area contributed by atoms with Crippen molar-refractivity contribution in [1.82, 2.24) is 4.90 Å². The van der Waals surface area contributed by atoms with E-state index in [1.165, 1.54) is 6.07 Å². The zero-order valence-corrected chi connectivity index (χ0v) is 11.6. The van der Waals surface area contributed by atoms with Gasteiger partial charge in [0.25, 0.3) is 5.69 Å². The highest BCUT2D eigenvalue weighted by Gasteiger charge is 2.18. The van der Waals surface area contributed by atoms with Crippen molar-refractivity contribution >= 4 is 17.3 Å². The summed E-state index contributed by atoms with van der Waals surface area (Å²) in [5.41, 5.74) is 1.45. The van der Waals surface area contributed by atoms with E-state index in [1.807, 2.05) is 4.90 Å². The molecular formula is C14H19N3O3. The van der Waals surface area contributed by atoms with Gasteiger partial charge in [0.05, 0.1) is 4.92 Å². The molecule has 1 amide bonds. The number of anilines is 1. The Hall–Kier alpha value is -2.11. The standard InChI is InChI=1S/C14H19N3O3/c1-15-12-9-11(6-7-13(12)17(19)20)10-16-8-4-2-3-5-14(16)18/h6-7,9,15H,2-5,8,10H2,1H3. The SMILES string of the molecule is CNc1cc(CN2CCCCCC2=O)ccc1[N+](=O)[O-]. The average molecular weight is 277 g/mol. The molecule has 0 atom stereocenters. The number of carbonyl (C=O) groups is 1. The van der Waals surface area contributed by atoms with Gasteiger partial charge >= 0.3 is 0 Å². The highest BCUT2D eigenvalue weighted by molar-refractivity contribution is 5.76. The van der Waals surface area contributed by atoms with Gasteiger partial charge < -0.3 is 10.2 Å². The van der Waals surface area contributed by atoms with Crippen LogP contribution in [-0.4, -0.2) is 29.3 Å². The summed E-state index contributed by atoms with van der Waals surface area (Å²) in [4.78, 5) is 24.3. The van der Waals surface area contributed by atoms with Crippen LogP contribution in [0.4, 0.5) is 11.4 Å². The topological polar surface area (TPSA) is 75.5 Å². The molecular weight excluding hydrogens is 258 g/mol. The van der Waals surface area contributed by atoms with Crippen LogP contribution >= 0.6 is 0 Å². The molecule has 2 rings (SSSR count). The van der Waals surface area contributed by atoms with Crippen LogP contribution in [0, 0.1) is 10.1 Å². The first-order valence-electron chi connectivity index (χ1n) is 6.84. The largest absolute Gasteiger partial charge is 0.383 e. The number of hydrogen-bond acceptors (Lipinski definition) is 4. The minimum absolute atomic E-state index is 0.0541. The number of nitro benzene ring substituents is 1. The van der Waals surface area contributed by atoms with E-state index in [2.05, 4.69) is 5.32 Å². The number of amides is 1. The summed E-state index contributed by atoms with van der Waals surface area (Å²) in [6, 6.07) is 4.96. The predicted octanol–water partition coefficient (Wildman–Crippen LogP) is 2.54. The maximum Gasteiger partial charge on any atom is 0.292 e. The van der Waals surface area contributed by atoms with Crippen molar-refractivity contribution in [1.29, 1.82) is 0 Å². The van der Waals surface area contributed by atoms with E-state index in [4.69, 9.17) is 0 Å². The Kier molecular flexibility index (Phi) is 4.55. The Labute approximate surface area is 117 Å². The first-order valence-corrected chi connectivity index (χ1v) is 6.84. The van der Waals surface area contributed by atoms with Crippen molar-refractivity contribution < 1.29 is 9.72 Å². The van der Waals surface area contributed by atoms with Crippen LogP contribution in [0.25, 0.3) is 0 Å². The van der Waals surface area contributed by atoms with Gasteiger partial charge in [-0.1, -0.05) is 12.5 Å². The normalized spacial score (nSPS) is 15.8. The third-order valence-corrected chi connectivity index (χ3v) is 3.57. The molecule has 0 aromatic heterocycles. The molecule has 1 saturated heterocycles. The van der Waals surface area contributed by atoms with E-state index < -0.39 is 4.92 Å². The van der Waals surface area contributed by atoms with Crippen molar-refractivity contribution in [3.05, 3.63) is 33.9 Å². The lowest BCUT2D eigenvalue weighted by atomic mass is 10.1. The second kappa shape index (κ2) is 6.36. The van der Waals surface area contributed by atoms with Crippen LogP contribution < -0.4 is 5.32 Å². The van der Waals surface area contributed by atoms with E-state index in [0.717, 1.165) is 31.4 Å². The van der Waals surface area contributed by atoms with E-state index in [0.29, 0.717) is 18.7 Å². The number of benzene rings is 1. The van der Waals surface area contributed by atoms with Crippen molar-refractivity contribution in [3.63, 3.8) is 0 Å². The first-order chi connectivity index (χ1) is 9.61. The summed E-state index contributed by atoms with van der Waals surface area (Å²) in [5, 5.41) is 13.7. The molecule has 1 aromatic rings. The Balaban J connectivity index is 2.16. The third-order valence-electron chi connectivity index (χ3n) is 3.57. The number of nitrogens with one attached hydrogen (secondary N) is 1. The Bertz CT molecular complexity index is 516. The maximum absolute atomic E-state index is 12.0. The lowest BCUT2D eigenvalue weighted by molar-refractivity contribution is -0.384. The Morgan fingerprint density at radius 3 is 2.85 bits per heavy atom. The van der Waals surface area contributed by atoms with E-state index >= 15 is 0 Å². The van der Waals surface area contributed by atoms with Gasteiger partial charge in [-0.2, -0.15) is 0 Å². The summed E-state index contributed by atoms with van der Waals surface area (Å²) >= 11 is 0. The second-order valence-electron chi connectivity index (χ2n) is 4.98. The molecule has 1 heterocycles. The van der Waals surface area contributed by atoms with Crippen molar-refractivity contribution in [3.8, 4) is 0 Å². The highest BCUT2D eigenvalue weighted by Crippen LogP contribution is 2.26. The van der Waals surface area contributed by atoms with Gasteiger partial charge in [-0.05, 0) is 24.5 Å². The average Bonchev–Trinajstić information content (AvgIpc) is 2.64. The zero-order chi connectivity index (χ0) is 14.5. The molecule has 1 aliphatic rings. The van der Waals surface area contributed by atoms with Crippen molar-refractivity contribution in [2.75, 3.05) is 18.9 Å². The molecule has 0 aliphatic carbocycles. The van der Waals surface area contributed by atoms with Crippen LogP contribution in [-0.2, 0) is 11.3 Å². The predicted molar refractivity (Wildman–Crippen MR) is 76.5 cm³/mol. The molecule has 6 nitrogen and oxygen atoms in total. The van der Waals surface area contributed by atoms with Crippen LogP contribution in [0.3, 0.4) is 0 Å². The molecule has 0 radical (unpaired) electrons. The van der Waals surface area contributed by atoms with E-state index in [1.54, 1.807) is 19.2 Å². The third kappa shape index (κ3) is 3.26. The molecule has 1 aromatic carbocycles. The fraction of sp³-hybridized carbons (Fsp3) is 0.500. The van der Waals surface area contributed by atoms with Crippen LogP contribution in [0.5, 0.6) is 0 Å². The lowest BCUT2D eigenvalue weighted by Crippen LogP contribution is -2.29. The van der Waals surface area contributed by atoms with Gasteiger partial charge in [0.2, 0.25) is 5.91 Å². The van der Waals surface area contributed by atoms with Gasteiger partial charge in [-0.3, -0.25) is 14.9 Å². The molecule has 1 N–H and O–H groups in total.